The van der Waals surface area contributed by atoms with Crippen LogP contribution in [0.15, 0.2) is 18.2 Å². The summed E-state index contributed by atoms with van der Waals surface area (Å²) in [6, 6.07) is 4.40. The molecule has 0 spiro atoms. The smallest absolute Gasteiger partial charge is 0.337 e. The molecule has 0 heterocycles. The molecule has 1 aromatic rings. The highest BCUT2D eigenvalue weighted by molar-refractivity contribution is 6.31. The fourth-order valence-electron chi connectivity index (χ4n) is 2.44. The predicted octanol–water partition coefficient (Wildman–Crippen LogP) is 4.44. The quantitative estimate of drug-likeness (QED) is 0.844. The molecule has 1 atom stereocenters. The first-order chi connectivity index (χ1) is 9.58. The molecule has 1 rings (SSSR count). The van der Waals surface area contributed by atoms with Gasteiger partial charge >= 0.3 is 5.97 Å². The van der Waals surface area contributed by atoms with Gasteiger partial charge < -0.3 is 10.4 Å². The normalized spacial score (nSPS) is 12.8. The fourth-order valence-corrected chi connectivity index (χ4v) is 2.61. The van der Waals surface area contributed by atoms with Gasteiger partial charge in [0.2, 0.25) is 5.91 Å². The van der Waals surface area contributed by atoms with Gasteiger partial charge in [-0.05, 0) is 36.0 Å². The van der Waals surface area contributed by atoms with Gasteiger partial charge in [-0.1, -0.05) is 39.3 Å². The lowest BCUT2D eigenvalue weighted by Crippen LogP contribution is -2.20. The number of anilines is 1. The van der Waals surface area contributed by atoms with Crippen molar-refractivity contribution in [3.8, 4) is 0 Å². The van der Waals surface area contributed by atoms with Gasteiger partial charge in [0.05, 0.1) is 11.3 Å². The van der Waals surface area contributed by atoms with E-state index in [0.717, 1.165) is 6.42 Å². The zero-order valence-electron chi connectivity index (χ0n) is 12.9. The van der Waals surface area contributed by atoms with Gasteiger partial charge in [0.15, 0.2) is 0 Å². The Morgan fingerprint density at radius 2 is 1.95 bits per heavy atom. The van der Waals surface area contributed by atoms with Crippen molar-refractivity contribution < 1.29 is 14.7 Å². The lowest BCUT2D eigenvalue weighted by Gasteiger charge is -2.22. The van der Waals surface area contributed by atoms with Crippen molar-refractivity contribution in [1.29, 1.82) is 0 Å². The van der Waals surface area contributed by atoms with Gasteiger partial charge in [-0.15, -0.1) is 0 Å². The zero-order chi connectivity index (χ0) is 16.2. The Morgan fingerprint density at radius 1 is 1.33 bits per heavy atom. The second-order valence-electron chi connectivity index (χ2n) is 6.62. The van der Waals surface area contributed by atoms with Gasteiger partial charge in [-0.3, -0.25) is 4.79 Å². The zero-order valence-corrected chi connectivity index (χ0v) is 13.6. The number of carbonyl (C=O) groups excluding carboxylic acids is 1. The molecule has 4 nitrogen and oxygen atoms in total. The lowest BCUT2D eigenvalue weighted by molar-refractivity contribution is -0.117. The van der Waals surface area contributed by atoms with Crippen molar-refractivity contribution in [3.05, 3.63) is 28.8 Å². The Morgan fingerprint density at radius 3 is 2.48 bits per heavy atom. The Hall–Kier alpha value is -1.55. The third-order valence-electron chi connectivity index (χ3n) is 2.98. The van der Waals surface area contributed by atoms with E-state index < -0.39 is 5.97 Å². The molecule has 0 fully saturated rings. The Kier molecular flexibility index (Phi) is 5.78. The number of carbonyl (C=O) groups is 2. The van der Waals surface area contributed by atoms with Gasteiger partial charge in [-0.25, -0.2) is 4.79 Å². The van der Waals surface area contributed by atoms with Crippen molar-refractivity contribution in [3.63, 3.8) is 0 Å². The molecule has 0 aliphatic heterocycles. The van der Waals surface area contributed by atoms with Crippen LogP contribution in [0.4, 0.5) is 5.69 Å². The molecule has 0 saturated carbocycles. The Labute approximate surface area is 130 Å². The maximum atomic E-state index is 12.0. The fraction of sp³-hybridized carbons (Fsp3) is 0.500. The number of carboxylic acid groups (broad SMARTS) is 1. The van der Waals surface area contributed by atoms with Gasteiger partial charge in [0.1, 0.15) is 0 Å². The Bertz CT molecular complexity index is 535. The van der Waals surface area contributed by atoms with E-state index in [1.165, 1.54) is 12.1 Å². The number of carboxylic acids is 1. The molecule has 1 amide bonds. The maximum Gasteiger partial charge on any atom is 0.337 e. The molecular formula is C16H22ClNO3. The number of rotatable bonds is 5. The minimum atomic E-state index is -1.12. The van der Waals surface area contributed by atoms with E-state index in [0.29, 0.717) is 11.4 Å². The van der Waals surface area contributed by atoms with E-state index in [9.17, 15) is 9.59 Å². The van der Waals surface area contributed by atoms with Crippen molar-refractivity contribution in [2.75, 3.05) is 5.32 Å². The summed E-state index contributed by atoms with van der Waals surface area (Å²) in [6.45, 7) is 8.40. The summed E-state index contributed by atoms with van der Waals surface area (Å²) >= 11 is 5.78. The van der Waals surface area contributed by atoms with Crippen LogP contribution in [0.25, 0.3) is 0 Å². The van der Waals surface area contributed by atoms with Crippen LogP contribution in [0, 0.1) is 11.3 Å². The SMILES string of the molecule is CC(CC(=O)Nc1ccc(Cl)cc1C(=O)O)CC(C)(C)C. The number of nitrogens with one attached hydrogen (secondary N) is 1. The summed E-state index contributed by atoms with van der Waals surface area (Å²) in [5.41, 5.74) is 0.436. The number of hydrogen-bond acceptors (Lipinski definition) is 2. The van der Waals surface area contributed by atoms with Crippen molar-refractivity contribution in [1.82, 2.24) is 0 Å². The van der Waals surface area contributed by atoms with Crippen LogP contribution in [-0.4, -0.2) is 17.0 Å². The monoisotopic (exact) mass is 311 g/mol. The average Bonchev–Trinajstić information content (AvgIpc) is 2.28. The van der Waals surface area contributed by atoms with Gasteiger partial charge in [0, 0.05) is 11.4 Å². The molecule has 0 aliphatic carbocycles. The van der Waals surface area contributed by atoms with Crippen LogP contribution in [0.5, 0.6) is 0 Å². The summed E-state index contributed by atoms with van der Waals surface area (Å²) in [7, 11) is 0. The first-order valence-electron chi connectivity index (χ1n) is 6.91. The molecule has 0 saturated heterocycles. The van der Waals surface area contributed by atoms with Gasteiger partial charge in [-0.2, -0.15) is 0 Å². The van der Waals surface area contributed by atoms with Crippen LogP contribution in [0.1, 0.15) is 50.9 Å². The summed E-state index contributed by atoms with van der Waals surface area (Å²) < 4.78 is 0. The van der Waals surface area contributed by atoms with E-state index in [2.05, 4.69) is 26.1 Å². The topological polar surface area (TPSA) is 66.4 Å². The average molecular weight is 312 g/mol. The third-order valence-corrected chi connectivity index (χ3v) is 3.22. The highest BCUT2D eigenvalue weighted by atomic mass is 35.5. The molecule has 0 aromatic heterocycles. The summed E-state index contributed by atoms with van der Waals surface area (Å²) in [5, 5.41) is 12.1. The minimum absolute atomic E-state index is 0.000626. The molecule has 1 unspecified atom stereocenters. The summed E-state index contributed by atoms with van der Waals surface area (Å²) in [4.78, 5) is 23.2. The van der Waals surface area contributed by atoms with Crippen LogP contribution < -0.4 is 5.32 Å². The number of hydrogen-bond donors (Lipinski definition) is 2. The predicted molar refractivity (Wildman–Crippen MR) is 84.9 cm³/mol. The van der Waals surface area contributed by atoms with Crippen molar-refractivity contribution in [2.24, 2.45) is 11.3 Å². The van der Waals surface area contributed by atoms with E-state index in [1.807, 2.05) is 6.92 Å². The van der Waals surface area contributed by atoms with Gasteiger partial charge in [0.25, 0.3) is 0 Å². The maximum absolute atomic E-state index is 12.0. The first-order valence-corrected chi connectivity index (χ1v) is 7.29. The molecule has 5 heteroatoms. The minimum Gasteiger partial charge on any atom is -0.478 e. The van der Waals surface area contributed by atoms with E-state index >= 15 is 0 Å². The highest BCUT2D eigenvalue weighted by Gasteiger charge is 2.19. The third kappa shape index (κ3) is 6.17. The summed E-state index contributed by atoms with van der Waals surface area (Å²) in [5.74, 6) is -1.07. The van der Waals surface area contributed by atoms with Crippen LogP contribution in [0.3, 0.4) is 0 Å². The van der Waals surface area contributed by atoms with Crippen molar-refractivity contribution in [2.45, 2.75) is 40.5 Å². The highest BCUT2D eigenvalue weighted by Crippen LogP contribution is 2.27. The first kappa shape index (κ1) is 17.5. The number of benzene rings is 1. The Balaban J connectivity index is 2.73. The second-order valence-corrected chi connectivity index (χ2v) is 7.05. The standard InChI is InChI=1S/C16H22ClNO3/c1-10(9-16(2,3)4)7-14(19)18-13-6-5-11(17)8-12(13)15(20)21/h5-6,8,10H,7,9H2,1-4H3,(H,18,19)(H,20,21). The molecule has 0 aliphatic rings. The largest absolute Gasteiger partial charge is 0.478 e. The van der Waals surface area contributed by atoms with E-state index in [4.69, 9.17) is 16.7 Å². The molecule has 0 bridgehead atoms. The van der Waals surface area contributed by atoms with Crippen LogP contribution >= 0.6 is 11.6 Å². The van der Waals surface area contributed by atoms with E-state index in [-0.39, 0.29) is 28.5 Å². The van der Waals surface area contributed by atoms with Crippen LogP contribution in [-0.2, 0) is 4.79 Å². The number of amides is 1. The van der Waals surface area contributed by atoms with E-state index in [1.54, 1.807) is 6.07 Å². The molecule has 1 aromatic carbocycles. The number of halogens is 1. The summed E-state index contributed by atoms with van der Waals surface area (Å²) in [6.07, 6.45) is 1.28. The molecule has 116 valence electrons. The van der Waals surface area contributed by atoms with Crippen LogP contribution in [0.2, 0.25) is 5.02 Å². The molecule has 0 radical (unpaired) electrons. The molecule has 21 heavy (non-hydrogen) atoms. The van der Waals surface area contributed by atoms with Crippen molar-refractivity contribution >= 4 is 29.2 Å². The molecule has 2 N–H and O–H groups in total. The lowest BCUT2D eigenvalue weighted by atomic mass is 9.84. The molecular weight excluding hydrogens is 290 g/mol. The second kappa shape index (κ2) is 6.94. The number of aromatic carboxylic acids is 1.